The predicted molar refractivity (Wildman–Crippen MR) is 72.7 cm³/mol. The zero-order valence-electron chi connectivity index (χ0n) is 12.2. The molecule has 0 radical (unpaired) electrons. The van der Waals surface area contributed by atoms with E-state index in [1.807, 2.05) is 0 Å². The molecule has 1 fully saturated rings. The van der Waals surface area contributed by atoms with Gasteiger partial charge >= 0.3 is 0 Å². The lowest BCUT2D eigenvalue weighted by Gasteiger charge is -2.21. The Morgan fingerprint density at radius 1 is 1.00 bits per heavy atom. The van der Waals surface area contributed by atoms with Gasteiger partial charge in [-0.15, -0.1) is 0 Å². The van der Waals surface area contributed by atoms with Crippen LogP contribution >= 0.6 is 0 Å². The summed E-state index contributed by atoms with van der Waals surface area (Å²) in [5, 5.41) is 16.2. The Bertz CT molecular complexity index is 167. The second kappa shape index (κ2) is 10.7. The molecule has 0 aromatic carbocycles. The van der Waals surface area contributed by atoms with Gasteiger partial charge in [-0.05, 0) is 18.3 Å². The minimum Gasteiger partial charge on any atom is -0.394 e. The quantitative estimate of drug-likeness (QED) is 0.719. The highest BCUT2D eigenvalue weighted by Crippen LogP contribution is 2.23. The van der Waals surface area contributed by atoms with Crippen molar-refractivity contribution in [3.8, 4) is 0 Å². The van der Waals surface area contributed by atoms with Crippen molar-refractivity contribution in [2.45, 2.75) is 52.6 Å². The van der Waals surface area contributed by atoms with E-state index >= 15 is 0 Å². The molecule has 1 aliphatic carbocycles. The molecule has 1 aliphatic rings. The zero-order chi connectivity index (χ0) is 13.9. The van der Waals surface area contributed by atoms with E-state index < -0.39 is 0 Å². The Kier molecular flexibility index (Phi) is 10.6. The molecule has 0 saturated heterocycles. The Hall–Kier alpha value is -0.160. The summed E-state index contributed by atoms with van der Waals surface area (Å²) in [4.78, 5) is 0. The first kappa shape index (κ1) is 17.8. The third kappa shape index (κ3) is 12.3. The van der Waals surface area contributed by atoms with Crippen molar-refractivity contribution in [1.82, 2.24) is 0 Å². The third-order valence-electron chi connectivity index (χ3n) is 2.53. The van der Waals surface area contributed by atoms with Crippen molar-refractivity contribution < 1.29 is 19.7 Å². The molecule has 0 atom stereocenters. The van der Waals surface area contributed by atoms with E-state index in [-0.39, 0.29) is 13.2 Å². The van der Waals surface area contributed by atoms with Crippen molar-refractivity contribution >= 4 is 0 Å². The lowest BCUT2D eigenvalue weighted by Crippen LogP contribution is -2.19. The molecule has 0 aliphatic heterocycles. The minimum atomic E-state index is 0.0278. The first-order valence-corrected chi connectivity index (χ1v) is 6.90. The maximum Gasteiger partial charge on any atom is 0.0698 e. The molecule has 1 saturated carbocycles. The second-order valence-corrected chi connectivity index (χ2v) is 5.84. The normalized spacial score (nSPS) is 16.5. The van der Waals surface area contributed by atoms with Gasteiger partial charge in [-0.1, -0.05) is 33.6 Å². The molecule has 0 unspecified atom stereocenters. The van der Waals surface area contributed by atoms with Gasteiger partial charge in [0.1, 0.15) is 0 Å². The Morgan fingerprint density at radius 2 is 1.50 bits per heavy atom. The fraction of sp³-hybridized carbons (Fsp3) is 1.00. The van der Waals surface area contributed by atoms with E-state index in [2.05, 4.69) is 25.5 Å². The number of ether oxygens (including phenoxy) is 2. The first-order valence-electron chi connectivity index (χ1n) is 6.90. The van der Waals surface area contributed by atoms with Gasteiger partial charge in [-0.25, -0.2) is 0 Å². The van der Waals surface area contributed by atoms with Crippen LogP contribution in [0.3, 0.4) is 0 Å². The summed E-state index contributed by atoms with van der Waals surface area (Å²) in [5.74, 6) is 0. The standard InChI is InChI=1S/C10H20O.C4H10O3/c1-10(2,3)8-11-9-6-4-5-7-9;5-1-3-7-4-2-6/h9H,4-8H2,1-3H3;5-6H,1-4H2. The van der Waals surface area contributed by atoms with Crippen LogP contribution in [0.1, 0.15) is 46.5 Å². The lowest BCUT2D eigenvalue weighted by molar-refractivity contribution is 0.0128. The molecule has 0 aromatic rings. The summed E-state index contributed by atoms with van der Waals surface area (Å²) < 4.78 is 10.4. The van der Waals surface area contributed by atoms with Crippen LogP contribution in [0.5, 0.6) is 0 Å². The van der Waals surface area contributed by atoms with Crippen molar-refractivity contribution in [2.24, 2.45) is 5.41 Å². The Labute approximate surface area is 111 Å². The molecule has 0 heterocycles. The maximum atomic E-state index is 8.09. The summed E-state index contributed by atoms with van der Waals surface area (Å²) in [6, 6.07) is 0. The van der Waals surface area contributed by atoms with E-state index in [1.165, 1.54) is 25.7 Å². The molecule has 1 rings (SSSR count). The van der Waals surface area contributed by atoms with Gasteiger partial charge in [0.25, 0.3) is 0 Å². The van der Waals surface area contributed by atoms with Crippen LogP contribution in [-0.4, -0.2) is 49.4 Å². The summed E-state index contributed by atoms with van der Waals surface area (Å²) in [5.41, 5.74) is 0.336. The molecule has 4 nitrogen and oxygen atoms in total. The van der Waals surface area contributed by atoms with E-state index in [9.17, 15) is 0 Å². The summed E-state index contributed by atoms with van der Waals surface area (Å²) in [6.45, 7) is 8.28. The van der Waals surface area contributed by atoms with Gasteiger partial charge in [0, 0.05) is 0 Å². The van der Waals surface area contributed by atoms with Crippen LogP contribution < -0.4 is 0 Å². The van der Waals surface area contributed by atoms with Gasteiger partial charge in [0.05, 0.1) is 39.1 Å². The first-order chi connectivity index (χ1) is 8.49. The number of aliphatic hydroxyl groups excluding tert-OH is 2. The summed E-state index contributed by atoms with van der Waals surface area (Å²) in [7, 11) is 0. The van der Waals surface area contributed by atoms with Gasteiger partial charge < -0.3 is 19.7 Å². The molecule has 0 spiro atoms. The summed E-state index contributed by atoms with van der Waals surface area (Å²) in [6.07, 6.45) is 5.89. The molecule has 4 heteroatoms. The van der Waals surface area contributed by atoms with Gasteiger partial charge in [-0.2, -0.15) is 0 Å². The lowest BCUT2D eigenvalue weighted by atomic mass is 9.98. The zero-order valence-corrected chi connectivity index (χ0v) is 12.2. The average molecular weight is 262 g/mol. The smallest absolute Gasteiger partial charge is 0.0698 e. The topological polar surface area (TPSA) is 58.9 Å². The largest absolute Gasteiger partial charge is 0.394 e. The van der Waals surface area contributed by atoms with E-state index in [0.717, 1.165) is 6.61 Å². The van der Waals surface area contributed by atoms with Crippen molar-refractivity contribution in [2.75, 3.05) is 33.0 Å². The number of hydrogen-bond acceptors (Lipinski definition) is 4. The molecule has 2 N–H and O–H groups in total. The van der Waals surface area contributed by atoms with Gasteiger partial charge in [-0.3, -0.25) is 0 Å². The van der Waals surface area contributed by atoms with Crippen molar-refractivity contribution in [3.63, 3.8) is 0 Å². The van der Waals surface area contributed by atoms with Crippen LogP contribution in [0, 0.1) is 5.41 Å². The molecule has 110 valence electrons. The van der Waals surface area contributed by atoms with Crippen LogP contribution in [0.2, 0.25) is 0 Å². The second-order valence-electron chi connectivity index (χ2n) is 5.84. The highest BCUT2D eigenvalue weighted by Gasteiger charge is 2.18. The average Bonchev–Trinajstić information content (AvgIpc) is 2.80. The van der Waals surface area contributed by atoms with Crippen LogP contribution in [0.25, 0.3) is 0 Å². The van der Waals surface area contributed by atoms with Gasteiger partial charge in [0.2, 0.25) is 0 Å². The van der Waals surface area contributed by atoms with Crippen molar-refractivity contribution in [1.29, 1.82) is 0 Å². The number of rotatable bonds is 6. The Morgan fingerprint density at radius 3 is 1.89 bits per heavy atom. The van der Waals surface area contributed by atoms with Gasteiger partial charge in [0.15, 0.2) is 0 Å². The van der Waals surface area contributed by atoms with E-state index in [0.29, 0.717) is 24.7 Å². The molecule has 18 heavy (non-hydrogen) atoms. The summed E-state index contributed by atoms with van der Waals surface area (Å²) >= 11 is 0. The SMILES string of the molecule is CC(C)(C)COC1CCCC1.OCCOCCO. The fourth-order valence-electron chi connectivity index (χ4n) is 1.65. The Balaban J connectivity index is 0.000000360. The number of aliphatic hydroxyl groups is 2. The van der Waals surface area contributed by atoms with Crippen LogP contribution in [0.15, 0.2) is 0 Å². The monoisotopic (exact) mass is 262 g/mol. The minimum absolute atomic E-state index is 0.0278. The van der Waals surface area contributed by atoms with Crippen molar-refractivity contribution in [3.05, 3.63) is 0 Å². The number of hydrogen-bond donors (Lipinski definition) is 2. The third-order valence-corrected chi connectivity index (χ3v) is 2.53. The van der Waals surface area contributed by atoms with E-state index in [1.54, 1.807) is 0 Å². The highest BCUT2D eigenvalue weighted by molar-refractivity contribution is 4.68. The molecule has 0 aromatic heterocycles. The van der Waals surface area contributed by atoms with Crippen LogP contribution in [-0.2, 0) is 9.47 Å². The van der Waals surface area contributed by atoms with E-state index in [4.69, 9.17) is 14.9 Å². The fourth-order valence-corrected chi connectivity index (χ4v) is 1.65. The predicted octanol–water partition coefficient (Wildman–Crippen LogP) is 1.98. The molecular weight excluding hydrogens is 232 g/mol. The maximum absolute atomic E-state index is 8.09. The molecular formula is C14H30O4. The molecule has 0 amide bonds. The van der Waals surface area contributed by atoms with Crippen LogP contribution in [0.4, 0.5) is 0 Å². The highest BCUT2D eigenvalue weighted by atomic mass is 16.5. The molecule has 0 bridgehead atoms.